The molecule has 14 heavy (non-hydrogen) atoms. The van der Waals surface area contributed by atoms with E-state index in [2.05, 4.69) is 0 Å². The fraction of sp³-hybridized carbons (Fsp3) is 0.800. The maximum Gasteiger partial charge on any atom is 0.410 e. The van der Waals surface area contributed by atoms with E-state index in [1.54, 1.807) is 34.7 Å². The summed E-state index contributed by atoms with van der Waals surface area (Å²) in [7, 11) is 1.56. The van der Waals surface area contributed by atoms with Crippen LogP contribution in [0.25, 0.3) is 0 Å². The molecule has 1 unspecified atom stereocenters. The van der Waals surface area contributed by atoms with Crippen LogP contribution in [0, 0.1) is 0 Å². The number of Topliss-reactive ketones (excluding diaryl/α,β-unsaturated/α-hetero) is 1. The second-order valence-corrected chi connectivity index (χ2v) is 4.38. The normalized spacial score (nSPS) is 13.3. The monoisotopic (exact) mass is 201 g/mol. The zero-order valence-electron chi connectivity index (χ0n) is 9.75. The maximum atomic E-state index is 11.5. The summed E-state index contributed by atoms with van der Waals surface area (Å²) < 4.78 is 5.11. The number of likely N-dealkylation sites (N-methyl/N-ethyl adjacent to an activating group) is 1. The second-order valence-electron chi connectivity index (χ2n) is 4.38. The van der Waals surface area contributed by atoms with Crippen molar-refractivity contribution >= 4 is 11.9 Å². The number of amides is 1. The Bertz CT molecular complexity index is 230. The predicted octanol–water partition coefficient (Wildman–Crippen LogP) is 1.83. The van der Waals surface area contributed by atoms with Crippen LogP contribution in [0.4, 0.5) is 4.79 Å². The third-order valence-corrected chi connectivity index (χ3v) is 1.85. The Balaban J connectivity index is 4.33. The smallest absolute Gasteiger partial charge is 0.410 e. The number of ether oxygens (including phenoxy) is 1. The SMILES string of the molecule is CC(=O)C(C)N(C)C(=O)OC(C)(C)C. The molecular weight excluding hydrogens is 182 g/mol. The molecule has 0 heterocycles. The van der Waals surface area contributed by atoms with Gasteiger partial charge in [-0.15, -0.1) is 0 Å². The first-order chi connectivity index (χ1) is 6.15. The van der Waals surface area contributed by atoms with Gasteiger partial charge in [-0.05, 0) is 34.6 Å². The molecular formula is C10H19NO3. The van der Waals surface area contributed by atoms with Crippen LogP contribution in [0.3, 0.4) is 0 Å². The Morgan fingerprint density at radius 1 is 1.29 bits per heavy atom. The summed E-state index contributed by atoms with van der Waals surface area (Å²) in [5.74, 6) is -0.0571. The lowest BCUT2D eigenvalue weighted by atomic mass is 10.2. The summed E-state index contributed by atoms with van der Waals surface area (Å²) in [6.45, 7) is 8.49. The van der Waals surface area contributed by atoms with Gasteiger partial charge in [0.1, 0.15) is 5.60 Å². The fourth-order valence-corrected chi connectivity index (χ4v) is 0.765. The van der Waals surface area contributed by atoms with E-state index in [9.17, 15) is 9.59 Å². The van der Waals surface area contributed by atoms with Crippen LogP contribution < -0.4 is 0 Å². The summed E-state index contributed by atoms with van der Waals surface area (Å²) in [5.41, 5.74) is -0.526. The zero-order valence-corrected chi connectivity index (χ0v) is 9.75. The van der Waals surface area contributed by atoms with Crippen molar-refractivity contribution < 1.29 is 14.3 Å². The maximum absolute atomic E-state index is 11.5. The van der Waals surface area contributed by atoms with Crippen LogP contribution in [0.1, 0.15) is 34.6 Å². The van der Waals surface area contributed by atoms with Crippen LogP contribution in [-0.4, -0.2) is 35.5 Å². The quantitative estimate of drug-likeness (QED) is 0.684. The number of nitrogens with zero attached hydrogens (tertiary/aromatic N) is 1. The molecule has 0 aromatic rings. The highest BCUT2D eigenvalue weighted by Gasteiger charge is 2.24. The van der Waals surface area contributed by atoms with Crippen molar-refractivity contribution in [2.24, 2.45) is 0 Å². The summed E-state index contributed by atoms with van der Waals surface area (Å²) in [6, 6.07) is -0.440. The average molecular weight is 201 g/mol. The van der Waals surface area contributed by atoms with Crippen molar-refractivity contribution in [3.63, 3.8) is 0 Å². The van der Waals surface area contributed by atoms with Gasteiger partial charge in [-0.25, -0.2) is 4.79 Å². The molecule has 0 bridgehead atoms. The van der Waals surface area contributed by atoms with Gasteiger partial charge in [0.2, 0.25) is 0 Å². The summed E-state index contributed by atoms with van der Waals surface area (Å²) in [5, 5.41) is 0. The number of hydrogen-bond acceptors (Lipinski definition) is 3. The van der Waals surface area contributed by atoms with Crippen LogP contribution in [-0.2, 0) is 9.53 Å². The van der Waals surface area contributed by atoms with E-state index >= 15 is 0 Å². The Kier molecular flexibility index (Phi) is 4.10. The molecule has 0 aliphatic heterocycles. The standard InChI is InChI=1S/C10H19NO3/c1-7(8(2)12)11(6)9(13)14-10(3,4)5/h7H,1-6H3. The van der Waals surface area contributed by atoms with Crippen LogP contribution in [0.5, 0.6) is 0 Å². The zero-order chi connectivity index (χ0) is 11.5. The van der Waals surface area contributed by atoms with Gasteiger partial charge in [-0.3, -0.25) is 4.79 Å². The van der Waals surface area contributed by atoms with Crippen LogP contribution in [0.15, 0.2) is 0 Å². The van der Waals surface area contributed by atoms with Gasteiger partial charge in [-0.2, -0.15) is 0 Å². The minimum Gasteiger partial charge on any atom is -0.444 e. The molecule has 0 saturated carbocycles. The van der Waals surface area contributed by atoms with Crippen molar-refractivity contribution in [3.05, 3.63) is 0 Å². The van der Waals surface area contributed by atoms with Gasteiger partial charge in [0.15, 0.2) is 5.78 Å². The number of carbonyl (C=O) groups excluding carboxylic acids is 2. The molecule has 0 aromatic heterocycles. The molecule has 0 aliphatic carbocycles. The van der Waals surface area contributed by atoms with E-state index in [0.717, 1.165) is 0 Å². The lowest BCUT2D eigenvalue weighted by molar-refractivity contribution is -0.121. The van der Waals surface area contributed by atoms with Gasteiger partial charge in [0.05, 0.1) is 6.04 Å². The third kappa shape index (κ3) is 4.25. The highest BCUT2D eigenvalue weighted by Crippen LogP contribution is 2.10. The number of ketones is 1. The van der Waals surface area contributed by atoms with E-state index in [4.69, 9.17) is 4.74 Å². The molecule has 0 fully saturated rings. The number of carbonyl (C=O) groups is 2. The third-order valence-electron chi connectivity index (χ3n) is 1.85. The summed E-state index contributed by atoms with van der Waals surface area (Å²) in [4.78, 5) is 23.8. The number of rotatable bonds is 2. The number of hydrogen-bond donors (Lipinski definition) is 0. The molecule has 4 heteroatoms. The molecule has 0 N–H and O–H groups in total. The van der Waals surface area contributed by atoms with Gasteiger partial charge < -0.3 is 9.64 Å². The minimum atomic E-state index is -0.526. The van der Waals surface area contributed by atoms with Crippen molar-refractivity contribution in [1.29, 1.82) is 0 Å². The lowest BCUT2D eigenvalue weighted by Crippen LogP contribution is -2.42. The molecule has 0 spiro atoms. The highest BCUT2D eigenvalue weighted by molar-refractivity contribution is 5.84. The van der Waals surface area contributed by atoms with Gasteiger partial charge in [-0.1, -0.05) is 0 Å². The van der Waals surface area contributed by atoms with Crippen molar-refractivity contribution in [3.8, 4) is 0 Å². The molecule has 1 atom stereocenters. The van der Waals surface area contributed by atoms with E-state index < -0.39 is 17.7 Å². The van der Waals surface area contributed by atoms with E-state index in [-0.39, 0.29) is 5.78 Å². The predicted molar refractivity (Wildman–Crippen MR) is 54.1 cm³/mol. The first kappa shape index (κ1) is 12.9. The Labute approximate surface area is 85.2 Å². The molecule has 0 saturated heterocycles. The van der Waals surface area contributed by atoms with Crippen LogP contribution in [0.2, 0.25) is 0 Å². The van der Waals surface area contributed by atoms with E-state index in [0.29, 0.717) is 0 Å². The highest BCUT2D eigenvalue weighted by atomic mass is 16.6. The topological polar surface area (TPSA) is 46.6 Å². The molecule has 0 aromatic carbocycles. The molecule has 0 aliphatic rings. The minimum absolute atomic E-state index is 0.0571. The first-order valence-electron chi connectivity index (χ1n) is 4.61. The Morgan fingerprint density at radius 2 is 1.71 bits per heavy atom. The first-order valence-corrected chi connectivity index (χ1v) is 4.61. The molecule has 4 nitrogen and oxygen atoms in total. The molecule has 82 valence electrons. The van der Waals surface area contributed by atoms with E-state index in [1.807, 2.05) is 0 Å². The van der Waals surface area contributed by atoms with Crippen molar-refractivity contribution in [1.82, 2.24) is 4.90 Å². The average Bonchev–Trinajstić information content (AvgIpc) is 1.98. The lowest BCUT2D eigenvalue weighted by Gasteiger charge is -2.27. The van der Waals surface area contributed by atoms with E-state index in [1.165, 1.54) is 11.8 Å². The van der Waals surface area contributed by atoms with Gasteiger partial charge >= 0.3 is 6.09 Å². The molecule has 1 amide bonds. The second kappa shape index (κ2) is 4.44. The summed E-state index contributed by atoms with van der Waals surface area (Å²) in [6.07, 6.45) is -0.472. The molecule has 0 radical (unpaired) electrons. The Morgan fingerprint density at radius 3 is 2.00 bits per heavy atom. The Hall–Kier alpha value is -1.06. The fourth-order valence-electron chi connectivity index (χ4n) is 0.765. The van der Waals surface area contributed by atoms with Crippen LogP contribution >= 0.6 is 0 Å². The largest absolute Gasteiger partial charge is 0.444 e. The summed E-state index contributed by atoms with van der Waals surface area (Å²) >= 11 is 0. The van der Waals surface area contributed by atoms with Gasteiger partial charge in [0.25, 0.3) is 0 Å². The van der Waals surface area contributed by atoms with Crippen molar-refractivity contribution in [2.75, 3.05) is 7.05 Å². The molecule has 0 rings (SSSR count). The van der Waals surface area contributed by atoms with Gasteiger partial charge in [0, 0.05) is 7.05 Å². The van der Waals surface area contributed by atoms with Crippen molar-refractivity contribution in [2.45, 2.75) is 46.3 Å².